The van der Waals surface area contributed by atoms with Gasteiger partial charge in [0.2, 0.25) is 0 Å². The second-order valence-electron chi connectivity index (χ2n) is 7.51. The van der Waals surface area contributed by atoms with Gasteiger partial charge < -0.3 is 9.30 Å². The molecule has 150 valence electrons. The molecule has 0 aliphatic heterocycles. The van der Waals surface area contributed by atoms with E-state index in [0.717, 1.165) is 42.6 Å². The van der Waals surface area contributed by atoms with E-state index in [4.69, 9.17) is 0 Å². The van der Waals surface area contributed by atoms with Gasteiger partial charge in [-0.25, -0.2) is 8.42 Å². The minimum absolute atomic E-state index is 0.220. The van der Waals surface area contributed by atoms with Crippen molar-refractivity contribution in [2.24, 2.45) is 0 Å². The molecule has 5 nitrogen and oxygen atoms in total. The summed E-state index contributed by atoms with van der Waals surface area (Å²) in [5.74, 6) is 0.220. The zero-order chi connectivity index (χ0) is 20.1. The molecule has 0 bridgehead atoms. The van der Waals surface area contributed by atoms with E-state index in [1.54, 1.807) is 12.1 Å². The van der Waals surface area contributed by atoms with Crippen LogP contribution in [0.2, 0.25) is 0 Å². The Kier molecular flexibility index (Phi) is 6.52. The number of rotatable bonds is 9. The van der Waals surface area contributed by atoms with Crippen LogP contribution in [0.1, 0.15) is 36.7 Å². The Hall–Kier alpha value is -2.18. The van der Waals surface area contributed by atoms with Gasteiger partial charge in [0.05, 0.1) is 21.9 Å². The summed E-state index contributed by atoms with van der Waals surface area (Å²) in [5.41, 5.74) is 4.56. The summed E-state index contributed by atoms with van der Waals surface area (Å²) in [6.07, 6.45) is 7.09. The number of sulfone groups is 1. The first kappa shape index (κ1) is 20.6. The lowest BCUT2D eigenvalue weighted by Crippen LogP contribution is -2.12. The second kappa shape index (κ2) is 8.88. The van der Waals surface area contributed by atoms with E-state index in [0.29, 0.717) is 11.3 Å². The maximum Gasteiger partial charge on any atom is 0.178 e. The molecule has 0 amide bonds. The summed E-state index contributed by atoms with van der Waals surface area (Å²) in [6.45, 7) is 2.88. The summed E-state index contributed by atoms with van der Waals surface area (Å²) >= 11 is 0. The predicted octanol–water partition coefficient (Wildman–Crippen LogP) is 3.75. The van der Waals surface area contributed by atoms with E-state index < -0.39 is 9.84 Å². The molecule has 28 heavy (non-hydrogen) atoms. The van der Waals surface area contributed by atoms with Crippen molar-refractivity contribution in [3.63, 3.8) is 0 Å². The van der Waals surface area contributed by atoms with Gasteiger partial charge in [0.25, 0.3) is 0 Å². The van der Waals surface area contributed by atoms with Crippen LogP contribution in [-0.4, -0.2) is 42.6 Å². The zero-order valence-corrected chi connectivity index (χ0v) is 17.7. The normalized spacial score (nSPS) is 12.1. The topological polar surface area (TPSA) is 54.7 Å². The maximum absolute atomic E-state index is 12.3. The minimum atomic E-state index is -3.16. The lowest BCUT2D eigenvalue weighted by Gasteiger charge is -2.11. The fraction of sp³-hybridized carbons (Fsp3) is 0.409. The van der Waals surface area contributed by atoms with E-state index in [2.05, 4.69) is 40.5 Å². The fourth-order valence-electron chi connectivity index (χ4n) is 3.38. The van der Waals surface area contributed by atoms with Crippen molar-refractivity contribution in [1.82, 2.24) is 14.3 Å². The molecule has 0 aliphatic rings. The molecule has 0 aliphatic carbocycles. The summed E-state index contributed by atoms with van der Waals surface area (Å²) in [6, 6.07) is 11.6. The summed E-state index contributed by atoms with van der Waals surface area (Å²) in [7, 11) is 0.964. The van der Waals surface area contributed by atoms with Crippen molar-refractivity contribution in [3.05, 3.63) is 65.7 Å². The Balaban J connectivity index is 1.71. The first-order valence-electron chi connectivity index (χ1n) is 9.81. The molecule has 3 rings (SSSR count). The first-order chi connectivity index (χ1) is 13.4. The molecule has 2 heterocycles. The molecule has 0 saturated heterocycles. The number of unbranched alkanes of at least 4 members (excludes halogenated alkanes) is 1. The number of hydrogen-bond acceptors (Lipinski definition) is 4. The van der Waals surface area contributed by atoms with Crippen LogP contribution in [0, 0.1) is 0 Å². The average Bonchev–Trinajstić information content (AvgIpc) is 3.08. The molecule has 6 heteroatoms. The van der Waals surface area contributed by atoms with E-state index >= 15 is 0 Å². The number of aromatic nitrogens is 2. The first-order valence-corrected chi connectivity index (χ1v) is 11.5. The number of hydrogen-bond donors (Lipinski definition) is 0. The molecule has 0 atom stereocenters. The van der Waals surface area contributed by atoms with Gasteiger partial charge in [0.15, 0.2) is 9.84 Å². The number of fused-ring (bicyclic) bond motifs is 1. The lowest BCUT2D eigenvalue weighted by molar-refractivity contribution is 0.395. The molecule has 0 saturated carbocycles. The van der Waals surface area contributed by atoms with Gasteiger partial charge in [0, 0.05) is 24.6 Å². The van der Waals surface area contributed by atoms with Crippen molar-refractivity contribution in [2.75, 3.05) is 19.8 Å². The molecule has 2 aromatic heterocycles. The highest BCUT2D eigenvalue weighted by Gasteiger charge is 2.13. The van der Waals surface area contributed by atoms with Crippen molar-refractivity contribution < 1.29 is 8.42 Å². The number of nitrogens with zero attached hydrogens (tertiary/aromatic N) is 3. The van der Waals surface area contributed by atoms with E-state index in [-0.39, 0.29) is 5.75 Å². The molecular formula is C22H29N3O2S. The molecular weight excluding hydrogens is 370 g/mol. The van der Waals surface area contributed by atoms with Crippen LogP contribution in [0.15, 0.2) is 53.7 Å². The number of aryl methyl sites for hydroxylation is 2. The maximum atomic E-state index is 12.3. The molecule has 0 unspecified atom stereocenters. The van der Waals surface area contributed by atoms with Crippen molar-refractivity contribution >= 4 is 15.4 Å². The third kappa shape index (κ3) is 4.80. The van der Waals surface area contributed by atoms with Gasteiger partial charge in [-0.2, -0.15) is 0 Å². The molecule has 0 spiro atoms. The molecule has 0 radical (unpaired) electrons. The summed E-state index contributed by atoms with van der Waals surface area (Å²) in [4.78, 5) is 7.15. The van der Waals surface area contributed by atoms with Gasteiger partial charge in [-0.3, -0.25) is 4.98 Å². The standard InChI is InChI=1S/C22H29N3O2S/c1-4-5-16-28(26,27)20-10-6-18(7-11-20)8-12-21-22-13-9-19(17-24(2)3)25(22)15-14-23-21/h6-7,9-11,13-15H,4-5,8,12,16-17H2,1-3H3. The molecule has 0 fully saturated rings. The van der Waals surface area contributed by atoms with Crippen LogP contribution in [0.25, 0.3) is 5.52 Å². The van der Waals surface area contributed by atoms with Crippen LogP contribution < -0.4 is 0 Å². The lowest BCUT2D eigenvalue weighted by atomic mass is 10.1. The highest BCUT2D eigenvalue weighted by molar-refractivity contribution is 7.91. The Morgan fingerprint density at radius 2 is 1.79 bits per heavy atom. The quantitative estimate of drug-likeness (QED) is 0.550. The molecule has 1 aromatic carbocycles. The van der Waals surface area contributed by atoms with Crippen LogP contribution in [0.3, 0.4) is 0 Å². The Labute approximate surface area is 167 Å². The van der Waals surface area contributed by atoms with Crippen molar-refractivity contribution in [2.45, 2.75) is 44.0 Å². The van der Waals surface area contributed by atoms with Gasteiger partial charge in [-0.05, 0) is 63.2 Å². The summed E-state index contributed by atoms with van der Waals surface area (Å²) in [5, 5.41) is 0. The van der Waals surface area contributed by atoms with E-state index in [1.165, 1.54) is 5.69 Å². The van der Waals surface area contributed by atoms with Gasteiger partial charge in [0.1, 0.15) is 0 Å². The smallest absolute Gasteiger partial charge is 0.178 e. The van der Waals surface area contributed by atoms with Gasteiger partial charge in [-0.15, -0.1) is 0 Å². The van der Waals surface area contributed by atoms with Crippen LogP contribution in [-0.2, 0) is 29.2 Å². The van der Waals surface area contributed by atoms with Crippen LogP contribution in [0.5, 0.6) is 0 Å². The molecule has 0 N–H and O–H groups in total. The average molecular weight is 400 g/mol. The highest BCUT2D eigenvalue weighted by Crippen LogP contribution is 2.18. The summed E-state index contributed by atoms with van der Waals surface area (Å²) < 4.78 is 26.8. The highest BCUT2D eigenvalue weighted by atomic mass is 32.2. The fourth-order valence-corrected chi connectivity index (χ4v) is 4.84. The Bertz CT molecular complexity index is 1020. The van der Waals surface area contributed by atoms with Gasteiger partial charge >= 0.3 is 0 Å². The van der Waals surface area contributed by atoms with Crippen molar-refractivity contribution in [3.8, 4) is 0 Å². The second-order valence-corrected chi connectivity index (χ2v) is 9.62. The SMILES string of the molecule is CCCCS(=O)(=O)c1ccc(CCc2nccn3c(CN(C)C)ccc23)cc1. The van der Waals surface area contributed by atoms with E-state index in [1.807, 2.05) is 31.5 Å². The molecule has 3 aromatic rings. The van der Waals surface area contributed by atoms with Crippen LogP contribution >= 0.6 is 0 Å². The third-order valence-electron chi connectivity index (χ3n) is 4.92. The zero-order valence-electron chi connectivity index (χ0n) is 16.9. The van der Waals surface area contributed by atoms with E-state index in [9.17, 15) is 8.42 Å². The monoisotopic (exact) mass is 399 g/mol. The van der Waals surface area contributed by atoms with Gasteiger partial charge in [-0.1, -0.05) is 25.5 Å². The predicted molar refractivity (Wildman–Crippen MR) is 113 cm³/mol. The third-order valence-corrected chi connectivity index (χ3v) is 6.74. The van der Waals surface area contributed by atoms with Crippen molar-refractivity contribution in [1.29, 1.82) is 0 Å². The Morgan fingerprint density at radius 1 is 1.04 bits per heavy atom. The van der Waals surface area contributed by atoms with Crippen LogP contribution in [0.4, 0.5) is 0 Å². The number of benzene rings is 1. The minimum Gasteiger partial charge on any atom is -0.316 e. The largest absolute Gasteiger partial charge is 0.316 e. The Morgan fingerprint density at radius 3 is 2.46 bits per heavy atom.